The largest absolute Gasteiger partial charge is 0.480 e. The molecule has 1 aromatic carbocycles. The highest BCUT2D eigenvalue weighted by molar-refractivity contribution is 6.31. The number of nitrogens with one attached hydrogen (secondary N) is 3. The topological polar surface area (TPSA) is 108 Å². The van der Waals surface area contributed by atoms with Gasteiger partial charge in [0.1, 0.15) is 12.4 Å². The van der Waals surface area contributed by atoms with Gasteiger partial charge in [0, 0.05) is 5.69 Å². The number of hydrogen-bond acceptors (Lipinski definition) is 3. The molecule has 0 heterocycles. The Morgan fingerprint density at radius 3 is 2.50 bits per heavy atom. The second-order valence-electron chi connectivity index (χ2n) is 3.61. The quantitative estimate of drug-likeness (QED) is 0.645. The van der Waals surface area contributed by atoms with Crippen molar-refractivity contribution in [3.05, 3.63) is 29.0 Å². The molecule has 0 saturated carbocycles. The van der Waals surface area contributed by atoms with E-state index in [-0.39, 0.29) is 10.7 Å². The highest BCUT2D eigenvalue weighted by atomic mass is 35.5. The second-order valence-corrected chi connectivity index (χ2v) is 4.01. The van der Waals surface area contributed by atoms with E-state index >= 15 is 0 Å². The Hall–Kier alpha value is -2.35. The number of carbonyl (C=O) groups is 3. The molecule has 7 nitrogen and oxygen atoms in total. The Morgan fingerprint density at radius 2 is 1.90 bits per heavy atom. The van der Waals surface area contributed by atoms with E-state index in [1.54, 1.807) is 0 Å². The summed E-state index contributed by atoms with van der Waals surface area (Å²) in [6.45, 7) is -0.927. The molecule has 1 aromatic rings. The minimum Gasteiger partial charge on any atom is -0.480 e. The molecule has 108 valence electrons. The van der Waals surface area contributed by atoms with E-state index in [0.717, 1.165) is 6.07 Å². The first-order valence-corrected chi connectivity index (χ1v) is 5.74. The third kappa shape index (κ3) is 5.53. The molecule has 0 bridgehead atoms. The highest BCUT2D eigenvalue weighted by Crippen LogP contribution is 2.18. The zero-order valence-corrected chi connectivity index (χ0v) is 10.8. The molecule has 0 unspecified atom stereocenters. The van der Waals surface area contributed by atoms with Crippen molar-refractivity contribution >= 4 is 35.2 Å². The zero-order chi connectivity index (χ0) is 15.1. The number of carboxylic acids is 1. The van der Waals surface area contributed by atoms with Gasteiger partial charge in [-0.2, -0.15) is 0 Å². The molecule has 9 heteroatoms. The Balaban J connectivity index is 2.38. The van der Waals surface area contributed by atoms with Crippen molar-refractivity contribution in [1.82, 2.24) is 10.6 Å². The summed E-state index contributed by atoms with van der Waals surface area (Å²) < 4.78 is 12.9. The van der Waals surface area contributed by atoms with Crippen LogP contribution in [0.4, 0.5) is 14.9 Å². The molecular weight excluding hydrogens is 293 g/mol. The number of urea groups is 1. The van der Waals surface area contributed by atoms with Gasteiger partial charge in [0.15, 0.2) is 0 Å². The average Bonchev–Trinajstić information content (AvgIpc) is 2.38. The summed E-state index contributed by atoms with van der Waals surface area (Å²) in [6, 6.07) is 2.88. The van der Waals surface area contributed by atoms with Gasteiger partial charge in [-0.25, -0.2) is 9.18 Å². The zero-order valence-electron chi connectivity index (χ0n) is 10.1. The maximum absolute atomic E-state index is 12.9. The van der Waals surface area contributed by atoms with Crippen LogP contribution in [0.1, 0.15) is 0 Å². The molecule has 0 aromatic heterocycles. The van der Waals surface area contributed by atoms with Crippen LogP contribution >= 0.6 is 11.6 Å². The molecule has 0 atom stereocenters. The van der Waals surface area contributed by atoms with Crippen molar-refractivity contribution in [3.8, 4) is 0 Å². The van der Waals surface area contributed by atoms with Gasteiger partial charge >= 0.3 is 12.0 Å². The van der Waals surface area contributed by atoms with Crippen molar-refractivity contribution in [2.24, 2.45) is 0 Å². The Bertz CT molecular complexity index is 538. The van der Waals surface area contributed by atoms with Crippen molar-refractivity contribution in [3.63, 3.8) is 0 Å². The smallest absolute Gasteiger partial charge is 0.322 e. The Labute approximate surface area is 118 Å². The van der Waals surface area contributed by atoms with E-state index in [9.17, 15) is 18.8 Å². The van der Waals surface area contributed by atoms with Crippen molar-refractivity contribution in [2.75, 3.05) is 18.4 Å². The molecule has 20 heavy (non-hydrogen) atoms. The third-order valence-electron chi connectivity index (χ3n) is 2.02. The molecule has 0 radical (unpaired) electrons. The van der Waals surface area contributed by atoms with Crippen LogP contribution in [0.3, 0.4) is 0 Å². The molecule has 0 aliphatic heterocycles. The minimum atomic E-state index is -1.19. The summed E-state index contributed by atoms with van der Waals surface area (Å²) in [5, 5.41) is 14.8. The summed E-state index contributed by atoms with van der Waals surface area (Å²) in [5.41, 5.74) is 0.250. The Kier molecular flexibility index (Phi) is 5.73. The summed E-state index contributed by atoms with van der Waals surface area (Å²) in [6.07, 6.45) is 0. The number of rotatable bonds is 5. The van der Waals surface area contributed by atoms with E-state index in [4.69, 9.17) is 16.7 Å². The lowest BCUT2D eigenvalue weighted by Gasteiger charge is -2.08. The summed E-state index contributed by atoms with van der Waals surface area (Å²) in [7, 11) is 0. The fourth-order valence-corrected chi connectivity index (χ4v) is 1.33. The predicted octanol–water partition coefficient (Wildman–Crippen LogP) is 0.801. The lowest BCUT2D eigenvalue weighted by atomic mass is 10.3. The molecule has 0 spiro atoms. The van der Waals surface area contributed by atoms with Crippen LogP contribution in [0.2, 0.25) is 5.02 Å². The number of benzene rings is 1. The van der Waals surface area contributed by atoms with E-state index in [1.165, 1.54) is 12.1 Å². The van der Waals surface area contributed by atoms with E-state index in [2.05, 4.69) is 16.0 Å². The third-order valence-corrected chi connectivity index (χ3v) is 2.31. The summed E-state index contributed by atoms with van der Waals surface area (Å²) in [4.78, 5) is 32.7. The van der Waals surface area contributed by atoms with Crippen LogP contribution in [0.5, 0.6) is 0 Å². The van der Waals surface area contributed by atoms with Crippen LogP contribution in [-0.4, -0.2) is 36.1 Å². The maximum Gasteiger partial charge on any atom is 0.322 e. The van der Waals surface area contributed by atoms with Crippen LogP contribution in [0.15, 0.2) is 18.2 Å². The maximum atomic E-state index is 12.9. The van der Waals surface area contributed by atoms with Gasteiger partial charge in [-0.1, -0.05) is 11.6 Å². The fraction of sp³-hybridized carbons (Fsp3) is 0.182. The average molecular weight is 304 g/mol. The van der Waals surface area contributed by atoms with E-state index in [0.29, 0.717) is 0 Å². The van der Waals surface area contributed by atoms with Gasteiger partial charge in [0.2, 0.25) is 5.91 Å². The van der Waals surface area contributed by atoms with Crippen molar-refractivity contribution < 1.29 is 23.9 Å². The number of carboxylic acid groups (broad SMARTS) is 1. The monoisotopic (exact) mass is 303 g/mol. The molecule has 0 aliphatic carbocycles. The van der Waals surface area contributed by atoms with E-state index < -0.39 is 36.8 Å². The number of halogens is 2. The molecule has 0 fully saturated rings. The van der Waals surface area contributed by atoms with Gasteiger partial charge in [0.25, 0.3) is 0 Å². The van der Waals surface area contributed by atoms with E-state index in [1.807, 2.05) is 0 Å². The SMILES string of the molecule is O=C(O)CNC(=O)CNC(=O)Nc1ccc(F)c(Cl)c1. The number of amides is 3. The summed E-state index contributed by atoms with van der Waals surface area (Å²) in [5.74, 6) is -2.46. The second kappa shape index (κ2) is 7.29. The molecule has 4 N–H and O–H groups in total. The Morgan fingerprint density at radius 1 is 1.20 bits per heavy atom. The van der Waals surface area contributed by atoms with Crippen LogP contribution in [0.25, 0.3) is 0 Å². The van der Waals surface area contributed by atoms with Gasteiger partial charge in [0.05, 0.1) is 11.6 Å². The van der Waals surface area contributed by atoms with Crippen LogP contribution in [-0.2, 0) is 9.59 Å². The molecular formula is C11H11ClFN3O4. The minimum absolute atomic E-state index is 0.151. The van der Waals surface area contributed by atoms with Gasteiger partial charge in [-0.05, 0) is 18.2 Å². The lowest BCUT2D eigenvalue weighted by Crippen LogP contribution is -2.40. The van der Waals surface area contributed by atoms with Crippen molar-refractivity contribution in [1.29, 1.82) is 0 Å². The summed E-state index contributed by atoms with van der Waals surface area (Å²) >= 11 is 5.53. The molecule has 0 saturated heterocycles. The molecule has 3 amide bonds. The first kappa shape index (κ1) is 15.7. The number of aliphatic carboxylic acids is 1. The van der Waals surface area contributed by atoms with Crippen LogP contribution in [0, 0.1) is 5.82 Å². The number of anilines is 1. The molecule has 0 aliphatic rings. The predicted molar refractivity (Wildman–Crippen MR) is 69.1 cm³/mol. The highest BCUT2D eigenvalue weighted by Gasteiger charge is 2.08. The van der Waals surface area contributed by atoms with Gasteiger partial charge in [-0.15, -0.1) is 0 Å². The normalized spacial score (nSPS) is 9.70. The van der Waals surface area contributed by atoms with Crippen molar-refractivity contribution in [2.45, 2.75) is 0 Å². The number of hydrogen-bond donors (Lipinski definition) is 4. The van der Waals surface area contributed by atoms with Gasteiger partial charge in [-0.3, -0.25) is 9.59 Å². The van der Waals surface area contributed by atoms with Gasteiger partial charge < -0.3 is 21.1 Å². The number of carbonyl (C=O) groups excluding carboxylic acids is 2. The lowest BCUT2D eigenvalue weighted by molar-refractivity contribution is -0.137. The molecule has 1 rings (SSSR count). The first-order valence-electron chi connectivity index (χ1n) is 5.37. The standard InChI is InChI=1S/C11H11ClFN3O4/c12-7-3-6(1-2-8(7)13)16-11(20)15-4-9(17)14-5-10(18)19/h1-3H,4-5H2,(H,14,17)(H,18,19)(H2,15,16,20). The fourth-order valence-electron chi connectivity index (χ4n) is 1.15. The first-order chi connectivity index (χ1) is 9.38. The van der Waals surface area contributed by atoms with Crippen LogP contribution < -0.4 is 16.0 Å².